The average molecular weight is 440 g/mol. The molecule has 1 aromatic carbocycles. The number of carbonyl (C=O) groups is 1. The topological polar surface area (TPSA) is 53.9 Å². The van der Waals surface area contributed by atoms with Gasteiger partial charge >= 0.3 is 12.1 Å². The molecule has 2 saturated carbocycles. The Balaban J connectivity index is 1.91. The van der Waals surface area contributed by atoms with Gasteiger partial charge in [0.1, 0.15) is 0 Å². The summed E-state index contributed by atoms with van der Waals surface area (Å²) in [5.74, 6) is -0.351. The summed E-state index contributed by atoms with van der Waals surface area (Å²) in [4.78, 5) is 15.0. The number of carbonyl (C=O) groups excluding carboxylic acids is 1. The van der Waals surface area contributed by atoms with Crippen molar-refractivity contribution in [1.29, 1.82) is 0 Å². The summed E-state index contributed by atoms with van der Waals surface area (Å²) in [6.45, 7) is 1.95. The second-order valence-corrected chi connectivity index (χ2v) is 8.34. The van der Waals surface area contributed by atoms with Gasteiger partial charge in [0.05, 0.1) is 17.9 Å². The highest BCUT2D eigenvalue weighted by molar-refractivity contribution is 6.35. The molecule has 0 amide bonds. The molecule has 3 rings (SSSR count). The second kappa shape index (κ2) is 10.9. The van der Waals surface area contributed by atoms with Gasteiger partial charge in [-0.15, -0.1) is 5.10 Å². The molecule has 8 heteroatoms. The van der Waals surface area contributed by atoms with E-state index in [2.05, 4.69) is 15.4 Å². The molecule has 172 valence electrons. The number of anilines is 1. The van der Waals surface area contributed by atoms with Crippen LogP contribution in [0.1, 0.15) is 76.7 Å². The molecule has 0 aromatic heterocycles. The number of hydrazone groups is 1. The van der Waals surface area contributed by atoms with Crippen LogP contribution in [-0.2, 0) is 15.7 Å². The predicted octanol–water partition coefficient (Wildman–Crippen LogP) is 5.96. The molecular weight excluding hydrogens is 407 g/mol. The standard InChI is InChI=1S/C23H32F3N3O2/c1-2-31-22(30)21(28-27-18-11-9-10-17(16-18)23(24,25)26)29(19-12-5-3-6-13-19)20-14-7-4-8-15-20/h9-11,16,19-20,27H,2-8,12-15H2,1H3/b28-21-. The first kappa shape index (κ1) is 23.4. The number of esters is 1. The number of hydrogen-bond donors (Lipinski definition) is 1. The molecule has 0 unspecified atom stereocenters. The van der Waals surface area contributed by atoms with Crippen LogP contribution in [0.5, 0.6) is 0 Å². The quantitative estimate of drug-likeness (QED) is 0.266. The van der Waals surface area contributed by atoms with Crippen molar-refractivity contribution in [2.45, 2.75) is 89.4 Å². The molecule has 2 aliphatic rings. The van der Waals surface area contributed by atoms with Crippen molar-refractivity contribution in [3.63, 3.8) is 0 Å². The van der Waals surface area contributed by atoms with Gasteiger partial charge < -0.3 is 9.64 Å². The third-order valence-electron chi connectivity index (χ3n) is 6.12. The number of amidine groups is 1. The first-order chi connectivity index (χ1) is 14.9. The van der Waals surface area contributed by atoms with Gasteiger partial charge in [0, 0.05) is 12.1 Å². The number of hydrogen-bond acceptors (Lipinski definition) is 4. The fourth-order valence-electron chi connectivity index (χ4n) is 4.65. The Morgan fingerprint density at radius 2 is 1.65 bits per heavy atom. The zero-order chi connectivity index (χ0) is 22.3. The van der Waals surface area contributed by atoms with E-state index in [1.807, 2.05) is 0 Å². The van der Waals surface area contributed by atoms with Crippen molar-refractivity contribution in [2.24, 2.45) is 5.10 Å². The number of rotatable bonds is 5. The van der Waals surface area contributed by atoms with Crippen molar-refractivity contribution in [3.05, 3.63) is 29.8 Å². The van der Waals surface area contributed by atoms with E-state index < -0.39 is 17.7 Å². The molecule has 31 heavy (non-hydrogen) atoms. The molecule has 2 aliphatic carbocycles. The second-order valence-electron chi connectivity index (χ2n) is 8.34. The number of alkyl halides is 3. The van der Waals surface area contributed by atoms with Crippen molar-refractivity contribution >= 4 is 17.5 Å². The monoisotopic (exact) mass is 439 g/mol. The fraction of sp³-hybridized carbons (Fsp3) is 0.652. The van der Waals surface area contributed by atoms with Crippen LogP contribution in [0.2, 0.25) is 0 Å². The number of benzene rings is 1. The van der Waals surface area contributed by atoms with E-state index >= 15 is 0 Å². The lowest BCUT2D eigenvalue weighted by molar-refractivity contribution is -0.138. The Morgan fingerprint density at radius 3 is 2.16 bits per heavy atom. The Bertz CT molecular complexity index is 737. The summed E-state index contributed by atoms with van der Waals surface area (Å²) in [5, 5.41) is 4.34. The predicted molar refractivity (Wildman–Crippen MR) is 115 cm³/mol. The first-order valence-electron chi connectivity index (χ1n) is 11.4. The highest BCUT2D eigenvalue weighted by atomic mass is 19.4. The lowest BCUT2D eigenvalue weighted by atomic mass is 9.88. The van der Waals surface area contributed by atoms with E-state index in [4.69, 9.17) is 4.74 Å². The molecule has 0 spiro atoms. The average Bonchev–Trinajstić information content (AvgIpc) is 2.77. The third kappa shape index (κ3) is 6.37. The van der Waals surface area contributed by atoms with Crippen molar-refractivity contribution in [2.75, 3.05) is 12.0 Å². The molecule has 0 bridgehead atoms. The highest BCUT2D eigenvalue weighted by Crippen LogP contribution is 2.32. The number of nitrogens with zero attached hydrogens (tertiary/aromatic N) is 2. The largest absolute Gasteiger partial charge is 0.460 e. The zero-order valence-electron chi connectivity index (χ0n) is 18.1. The van der Waals surface area contributed by atoms with Crippen LogP contribution in [0.4, 0.5) is 18.9 Å². The van der Waals surface area contributed by atoms with Crippen LogP contribution >= 0.6 is 0 Å². The van der Waals surface area contributed by atoms with E-state index in [9.17, 15) is 18.0 Å². The van der Waals surface area contributed by atoms with Crippen molar-refractivity contribution in [3.8, 4) is 0 Å². The van der Waals surface area contributed by atoms with Crippen LogP contribution < -0.4 is 5.43 Å². The molecule has 0 atom stereocenters. The minimum Gasteiger partial charge on any atom is -0.460 e. The van der Waals surface area contributed by atoms with Gasteiger partial charge in [0.2, 0.25) is 5.84 Å². The van der Waals surface area contributed by atoms with Crippen LogP contribution in [0.3, 0.4) is 0 Å². The van der Waals surface area contributed by atoms with Gasteiger partial charge in [-0.2, -0.15) is 13.2 Å². The van der Waals surface area contributed by atoms with E-state index in [0.29, 0.717) is 0 Å². The van der Waals surface area contributed by atoms with E-state index in [-0.39, 0.29) is 30.2 Å². The molecule has 0 heterocycles. The molecule has 1 aromatic rings. The van der Waals surface area contributed by atoms with Crippen molar-refractivity contribution < 1.29 is 22.7 Å². The molecule has 5 nitrogen and oxygen atoms in total. The lowest BCUT2D eigenvalue weighted by Crippen LogP contribution is -2.52. The third-order valence-corrected chi connectivity index (χ3v) is 6.12. The van der Waals surface area contributed by atoms with Crippen LogP contribution in [0, 0.1) is 0 Å². The van der Waals surface area contributed by atoms with E-state index in [1.54, 1.807) is 6.92 Å². The van der Waals surface area contributed by atoms with Gasteiger partial charge in [-0.05, 0) is 50.8 Å². The van der Waals surface area contributed by atoms with E-state index in [1.165, 1.54) is 25.0 Å². The minimum absolute atomic E-state index is 0.179. The first-order valence-corrected chi connectivity index (χ1v) is 11.4. The van der Waals surface area contributed by atoms with Crippen LogP contribution in [0.25, 0.3) is 0 Å². The fourth-order valence-corrected chi connectivity index (χ4v) is 4.65. The molecule has 0 aliphatic heterocycles. The SMILES string of the molecule is CCOC(=O)/C(=N/Nc1cccc(C(F)(F)F)c1)N(C1CCCCC1)C1CCCCC1. The summed E-state index contributed by atoms with van der Waals surface area (Å²) >= 11 is 0. The Labute approximate surface area is 182 Å². The van der Waals surface area contributed by atoms with Crippen molar-refractivity contribution in [1.82, 2.24) is 4.90 Å². The molecular formula is C23H32F3N3O2. The molecule has 1 N–H and O–H groups in total. The Morgan fingerprint density at radius 1 is 1.06 bits per heavy atom. The normalized spacial score (nSPS) is 19.2. The minimum atomic E-state index is -4.44. The van der Waals surface area contributed by atoms with Crippen LogP contribution in [-0.4, -0.2) is 35.4 Å². The molecule has 0 radical (unpaired) electrons. The summed E-state index contributed by atoms with van der Waals surface area (Å²) in [5.41, 5.74) is 2.12. The summed E-state index contributed by atoms with van der Waals surface area (Å²) < 4.78 is 44.5. The maximum absolute atomic E-state index is 13.1. The van der Waals surface area contributed by atoms with E-state index in [0.717, 1.165) is 63.5 Å². The van der Waals surface area contributed by atoms with Gasteiger partial charge in [0.15, 0.2) is 0 Å². The Hall–Kier alpha value is -2.25. The highest BCUT2D eigenvalue weighted by Gasteiger charge is 2.35. The van der Waals surface area contributed by atoms with Gasteiger partial charge in [-0.3, -0.25) is 5.43 Å². The van der Waals surface area contributed by atoms with Gasteiger partial charge in [0.25, 0.3) is 0 Å². The summed E-state index contributed by atoms with van der Waals surface area (Å²) in [6.07, 6.45) is 6.27. The maximum Gasteiger partial charge on any atom is 0.416 e. The number of nitrogens with one attached hydrogen (secondary N) is 1. The number of halogens is 3. The van der Waals surface area contributed by atoms with Crippen LogP contribution in [0.15, 0.2) is 29.4 Å². The molecule has 2 fully saturated rings. The lowest BCUT2D eigenvalue weighted by Gasteiger charge is -2.42. The zero-order valence-corrected chi connectivity index (χ0v) is 18.1. The van der Waals surface area contributed by atoms with Gasteiger partial charge in [-0.25, -0.2) is 4.79 Å². The summed E-state index contributed by atoms with van der Waals surface area (Å²) in [6, 6.07) is 5.24. The van der Waals surface area contributed by atoms with Gasteiger partial charge in [-0.1, -0.05) is 44.6 Å². The smallest absolute Gasteiger partial charge is 0.416 e. The number of ether oxygens (including phenoxy) is 1. The maximum atomic E-state index is 13.1. The summed E-state index contributed by atoms with van der Waals surface area (Å²) in [7, 11) is 0. The Kier molecular flexibility index (Phi) is 8.21. The molecule has 0 saturated heterocycles.